The summed E-state index contributed by atoms with van der Waals surface area (Å²) in [6.45, 7) is 2.11. The average Bonchev–Trinajstić information content (AvgIpc) is 2.51. The number of hydrogen-bond acceptors (Lipinski definition) is 6. The van der Waals surface area contributed by atoms with Gasteiger partial charge in [0.1, 0.15) is 6.04 Å². The number of nitrogens with two attached hydrogens (primary N) is 1. The second-order valence-electron chi connectivity index (χ2n) is 4.39. The van der Waals surface area contributed by atoms with E-state index in [1.807, 2.05) is 12.1 Å². The molecule has 6 heteroatoms. The predicted molar refractivity (Wildman–Crippen MR) is 83.2 cm³/mol. The lowest BCUT2D eigenvalue weighted by molar-refractivity contribution is -0.144. The molecule has 0 aliphatic rings. The van der Waals surface area contributed by atoms with Gasteiger partial charge in [-0.2, -0.15) is 11.8 Å². The highest BCUT2D eigenvalue weighted by Crippen LogP contribution is 2.15. The molecular formula is C15H21NO4S. The molecule has 1 aromatic carbocycles. The minimum atomic E-state index is -0.556. The number of rotatable bonds is 8. The summed E-state index contributed by atoms with van der Waals surface area (Å²) in [5, 5.41) is 0. The summed E-state index contributed by atoms with van der Waals surface area (Å²) in [6, 6.07) is 6.71. The summed E-state index contributed by atoms with van der Waals surface area (Å²) in [4.78, 5) is 22.6. The number of methoxy groups -OCH3 is 1. The molecule has 0 saturated carbocycles. The summed E-state index contributed by atoms with van der Waals surface area (Å²) in [7, 11) is 1.36. The van der Waals surface area contributed by atoms with Crippen LogP contribution in [0.5, 0.6) is 0 Å². The Bertz CT molecular complexity index is 461. The van der Waals surface area contributed by atoms with E-state index in [0.717, 1.165) is 17.1 Å². The molecule has 0 radical (unpaired) electrons. The molecule has 2 N–H and O–H groups in total. The minimum Gasteiger partial charge on any atom is -0.465 e. The third-order valence-corrected chi connectivity index (χ3v) is 3.87. The van der Waals surface area contributed by atoms with E-state index in [2.05, 4.69) is 4.74 Å². The summed E-state index contributed by atoms with van der Waals surface area (Å²) in [5.41, 5.74) is 7.36. The van der Waals surface area contributed by atoms with Crippen LogP contribution in [0.15, 0.2) is 24.3 Å². The van der Waals surface area contributed by atoms with Gasteiger partial charge in [0.05, 0.1) is 19.3 Å². The molecule has 0 bridgehead atoms. The highest BCUT2D eigenvalue weighted by Gasteiger charge is 2.13. The van der Waals surface area contributed by atoms with Crippen LogP contribution in [-0.4, -0.2) is 37.4 Å². The van der Waals surface area contributed by atoms with Gasteiger partial charge in [-0.05, 0) is 36.8 Å². The number of carbonyl (C=O) groups excluding carboxylic acids is 2. The quantitative estimate of drug-likeness (QED) is 0.584. The number of thioether (sulfide) groups is 1. The molecule has 0 saturated heterocycles. The van der Waals surface area contributed by atoms with Crippen LogP contribution < -0.4 is 5.73 Å². The van der Waals surface area contributed by atoms with Crippen molar-refractivity contribution >= 4 is 23.7 Å². The second-order valence-corrected chi connectivity index (χ2v) is 5.49. The summed E-state index contributed by atoms with van der Waals surface area (Å²) >= 11 is 1.69. The summed E-state index contributed by atoms with van der Waals surface area (Å²) in [5.74, 6) is 0.894. The lowest BCUT2D eigenvalue weighted by Gasteiger charge is -2.10. The SMILES string of the molecule is CCOC(=O)C(N)CCSCc1ccc(C(=O)OC)cc1. The van der Waals surface area contributed by atoms with E-state index in [1.54, 1.807) is 30.8 Å². The molecular weight excluding hydrogens is 290 g/mol. The molecule has 5 nitrogen and oxygen atoms in total. The first kappa shape index (κ1) is 17.5. The number of benzene rings is 1. The average molecular weight is 311 g/mol. The Morgan fingerprint density at radius 1 is 1.29 bits per heavy atom. The van der Waals surface area contributed by atoms with E-state index < -0.39 is 6.04 Å². The first-order chi connectivity index (χ1) is 10.1. The van der Waals surface area contributed by atoms with Crippen LogP contribution in [0, 0.1) is 0 Å². The van der Waals surface area contributed by atoms with Gasteiger partial charge in [-0.15, -0.1) is 0 Å². The van der Waals surface area contributed by atoms with Gasteiger partial charge in [0.2, 0.25) is 0 Å². The van der Waals surface area contributed by atoms with Gasteiger partial charge in [-0.25, -0.2) is 4.79 Å². The van der Waals surface area contributed by atoms with Crippen LogP contribution in [0.25, 0.3) is 0 Å². The van der Waals surface area contributed by atoms with E-state index in [1.165, 1.54) is 7.11 Å². The number of carbonyl (C=O) groups is 2. The maximum absolute atomic E-state index is 11.3. The largest absolute Gasteiger partial charge is 0.465 e. The molecule has 0 heterocycles. The van der Waals surface area contributed by atoms with Gasteiger partial charge in [0.25, 0.3) is 0 Å². The molecule has 0 aromatic heterocycles. The monoisotopic (exact) mass is 311 g/mol. The van der Waals surface area contributed by atoms with E-state index in [9.17, 15) is 9.59 Å². The Labute approximate surface area is 129 Å². The van der Waals surface area contributed by atoms with Crippen LogP contribution in [0.1, 0.15) is 29.3 Å². The fraction of sp³-hybridized carbons (Fsp3) is 0.467. The molecule has 1 atom stereocenters. The van der Waals surface area contributed by atoms with Crippen LogP contribution >= 0.6 is 11.8 Å². The van der Waals surface area contributed by atoms with E-state index in [0.29, 0.717) is 18.6 Å². The van der Waals surface area contributed by atoms with E-state index >= 15 is 0 Å². The molecule has 0 fully saturated rings. The smallest absolute Gasteiger partial charge is 0.337 e. The van der Waals surface area contributed by atoms with Crippen LogP contribution in [0.3, 0.4) is 0 Å². The Morgan fingerprint density at radius 2 is 1.95 bits per heavy atom. The first-order valence-corrected chi connectivity index (χ1v) is 7.91. The lowest BCUT2D eigenvalue weighted by atomic mass is 10.1. The van der Waals surface area contributed by atoms with Crippen molar-refractivity contribution in [2.45, 2.75) is 25.1 Å². The Balaban J connectivity index is 2.30. The van der Waals surface area contributed by atoms with Crippen molar-refractivity contribution in [2.75, 3.05) is 19.5 Å². The third-order valence-electron chi connectivity index (χ3n) is 2.81. The third kappa shape index (κ3) is 6.18. The van der Waals surface area contributed by atoms with E-state index in [-0.39, 0.29) is 11.9 Å². The standard InChI is InChI=1S/C15H21NO4S/c1-3-20-15(18)13(16)8-9-21-10-11-4-6-12(7-5-11)14(17)19-2/h4-7,13H,3,8-10,16H2,1-2H3. The van der Waals surface area contributed by atoms with Crippen LogP contribution in [0.4, 0.5) is 0 Å². The van der Waals surface area contributed by atoms with Crippen molar-refractivity contribution in [1.29, 1.82) is 0 Å². The molecule has 1 aromatic rings. The molecule has 0 aliphatic heterocycles. The van der Waals surface area contributed by atoms with Crippen LogP contribution in [0.2, 0.25) is 0 Å². The number of ether oxygens (including phenoxy) is 2. The molecule has 0 spiro atoms. The molecule has 1 unspecified atom stereocenters. The van der Waals surface area contributed by atoms with Gasteiger partial charge in [-0.3, -0.25) is 4.79 Å². The van der Waals surface area contributed by atoms with E-state index in [4.69, 9.17) is 10.5 Å². The fourth-order valence-electron chi connectivity index (χ4n) is 1.62. The van der Waals surface area contributed by atoms with Crippen molar-refractivity contribution in [3.63, 3.8) is 0 Å². The Morgan fingerprint density at radius 3 is 2.52 bits per heavy atom. The van der Waals surface area contributed by atoms with Gasteiger partial charge in [-0.1, -0.05) is 12.1 Å². The number of esters is 2. The normalized spacial score (nSPS) is 11.8. The highest BCUT2D eigenvalue weighted by molar-refractivity contribution is 7.98. The van der Waals surface area contributed by atoms with Gasteiger partial charge < -0.3 is 15.2 Å². The molecule has 1 rings (SSSR count). The zero-order valence-corrected chi connectivity index (χ0v) is 13.2. The highest BCUT2D eigenvalue weighted by atomic mass is 32.2. The van der Waals surface area contributed by atoms with Crippen molar-refractivity contribution in [1.82, 2.24) is 0 Å². The maximum Gasteiger partial charge on any atom is 0.337 e. The van der Waals surface area contributed by atoms with Crippen molar-refractivity contribution in [2.24, 2.45) is 5.73 Å². The van der Waals surface area contributed by atoms with Gasteiger partial charge >= 0.3 is 11.9 Å². The summed E-state index contributed by atoms with van der Waals surface area (Å²) in [6.07, 6.45) is 0.587. The van der Waals surface area contributed by atoms with Gasteiger partial charge in [0.15, 0.2) is 0 Å². The molecule has 0 amide bonds. The Hall–Kier alpha value is -1.53. The fourth-order valence-corrected chi connectivity index (χ4v) is 2.62. The van der Waals surface area contributed by atoms with Gasteiger partial charge in [0, 0.05) is 5.75 Å². The topological polar surface area (TPSA) is 78.6 Å². The first-order valence-electron chi connectivity index (χ1n) is 6.75. The molecule has 116 valence electrons. The summed E-state index contributed by atoms with van der Waals surface area (Å²) < 4.78 is 9.49. The Kier molecular flexibility index (Phi) is 7.85. The molecule has 21 heavy (non-hydrogen) atoms. The zero-order valence-electron chi connectivity index (χ0n) is 12.3. The predicted octanol–water partition coefficient (Wildman–Crippen LogP) is 1.99. The minimum absolute atomic E-state index is 0.338. The lowest BCUT2D eigenvalue weighted by Crippen LogP contribution is -2.32. The zero-order chi connectivity index (χ0) is 15.7. The maximum atomic E-state index is 11.3. The van der Waals surface area contributed by atoms with Crippen molar-refractivity contribution in [3.8, 4) is 0 Å². The molecule has 0 aliphatic carbocycles. The van der Waals surface area contributed by atoms with Crippen molar-refractivity contribution < 1.29 is 19.1 Å². The van der Waals surface area contributed by atoms with Crippen molar-refractivity contribution in [3.05, 3.63) is 35.4 Å². The number of hydrogen-bond donors (Lipinski definition) is 1. The second kappa shape index (κ2) is 9.41. The van der Waals surface area contributed by atoms with Crippen LogP contribution in [-0.2, 0) is 20.0 Å².